The molecular formula is C18H18N2O6. The summed E-state index contributed by atoms with van der Waals surface area (Å²) < 4.78 is 9.89. The molecule has 136 valence electrons. The van der Waals surface area contributed by atoms with Gasteiger partial charge in [0.1, 0.15) is 10.7 Å². The van der Waals surface area contributed by atoms with Crippen molar-refractivity contribution in [1.29, 1.82) is 0 Å². The van der Waals surface area contributed by atoms with Crippen LogP contribution in [0, 0.1) is 24.0 Å². The quantitative estimate of drug-likeness (QED) is 0.367. The lowest BCUT2D eigenvalue weighted by Gasteiger charge is -2.14. The highest BCUT2D eigenvalue weighted by Gasteiger charge is 2.17. The summed E-state index contributed by atoms with van der Waals surface area (Å²) >= 11 is 0. The number of esters is 1. The standard InChI is InChI=1S/C18H18N2O6/c1-11-4-7-15(12(2)10-11)19-18(22)13(3)25-17(21)9-6-14-5-8-16(26-14)20(23)24/h4-10,13H,1-3H3,(H,19,22)/b9-6+/t13-/m1/s1. The SMILES string of the molecule is Cc1ccc(NC(=O)[C@@H](C)OC(=O)/C=C/c2ccc([N+](=O)[O-])o2)c(C)c1. The number of carbonyl (C=O) groups is 2. The first-order valence-electron chi connectivity index (χ1n) is 7.77. The molecule has 1 aromatic heterocycles. The van der Waals surface area contributed by atoms with E-state index in [2.05, 4.69) is 5.32 Å². The Labute approximate surface area is 149 Å². The first-order chi connectivity index (χ1) is 12.3. The van der Waals surface area contributed by atoms with Crippen LogP contribution in [0.2, 0.25) is 0 Å². The van der Waals surface area contributed by atoms with Gasteiger partial charge in [-0.3, -0.25) is 14.9 Å². The zero-order valence-corrected chi connectivity index (χ0v) is 14.5. The molecule has 8 heteroatoms. The van der Waals surface area contributed by atoms with Gasteiger partial charge in [0.2, 0.25) is 0 Å². The molecular weight excluding hydrogens is 340 g/mol. The van der Waals surface area contributed by atoms with Crippen molar-refractivity contribution in [3.8, 4) is 0 Å². The minimum Gasteiger partial charge on any atom is -0.449 e. The predicted octanol–water partition coefficient (Wildman–Crippen LogP) is 3.39. The number of benzene rings is 1. The molecule has 0 saturated carbocycles. The van der Waals surface area contributed by atoms with Gasteiger partial charge in [-0.15, -0.1) is 0 Å². The van der Waals surface area contributed by atoms with E-state index in [0.29, 0.717) is 5.69 Å². The molecule has 2 aromatic rings. The fraction of sp³-hybridized carbons (Fsp3) is 0.222. The molecule has 0 aliphatic rings. The summed E-state index contributed by atoms with van der Waals surface area (Å²) in [6, 6.07) is 8.09. The summed E-state index contributed by atoms with van der Waals surface area (Å²) in [6.45, 7) is 5.26. The molecule has 1 atom stereocenters. The largest absolute Gasteiger partial charge is 0.449 e. The Kier molecular flexibility index (Phi) is 5.90. The van der Waals surface area contributed by atoms with E-state index < -0.39 is 28.8 Å². The van der Waals surface area contributed by atoms with E-state index in [1.54, 1.807) is 6.07 Å². The van der Waals surface area contributed by atoms with E-state index in [1.165, 1.54) is 25.1 Å². The number of amides is 1. The van der Waals surface area contributed by atoms with Crippen LogP contribution in [0.25, 0.3) is 6.08 Å². The van der Waals surface area contributed by atoms with Gasteiger partial charge in [0.25, 0.3) is 5.91 Å². The van der Waals surface area contributed by atoms with Gasteiger partial charge in [0, 0.05) is 11.8 Å². The van der Waals surface area contributed by atoms with Gasteiger partial charge >= 0.3 is 11.9 Å². The smallest absolute Gasteiger partial charge is 0.433 e. The number of anilines is 1. The molecule has 0 saturated heterocycles. The highest BCUT2D eigenvalue weighted by molar-refractivity contribution is 5.97. The molecule has 1 N–H and O–H groups in total. The third-order valence-electron chi connectivity index (χ3n) is 3.48. The second kappa shape index (κ2) is 8.11. The number of nitro groups is 1. The molecule has 0 radical (unpaired) electrons. The van der Waals surface area contributed by atoms with Crippen molar-refractivity contribution in [2.24, 2.45) is 0 Å². The maximum Gasteiger partial charge on any atom is 0.433 e. The van der Waals surface area contributed by atoms with Crippen LogP contribution >= 0.6 is 0 Å². The Balaban J connectivity index is 1.91. The summed E-state index contributed by atoms with van der Waals surface area (Å²) in [6.07, 6.45) is 1.24. The Morgan fingerprint density at radius 1 is 1.27 bits per heavy atom. The van der Waals surface area contributed by atoms with Gasteiger partial charge in [0.15, 0.2) is 6.10 Å². The Morgan fingerprint density at radius 3 is 2.62 bits per heavy atom. The van der Waals surface area contributed by atoms with Crippen LogP contribution in [0.4, 0.5) is 11.6 Å². The number of rotatable bonds is 6. The minimum absolute atomic E-state index is 0.126. The van der Waals surface area contributed by atoms with Crippen molar-refractivity contribution >= 4 is 29.5 Å². The van der Waals surface area contributed by atoms with Crippen molar-refractivity contribution in [2.75, 3.05) is 5.32 Å². The van der Waals surface area contributed by atoms with Gasteiger partial charge in [-0.1, -0.05) is 17.7 Å². The molecule has 0 fully saturated rings. The monoisotopic (exact) mass is 358 g/mol. The summed E-state index contributed by atoms with van der Waals surface area (Å²) in [5.74, 6) is -1.54. The van der Waals surface area contributed by atoms with Crippen molar-refractivity contribution in [1.82, 2.24) is 0 Å². The summed E-state index contributed by atoms with van der Waals surface area (Å²) in [5, 5.41) is 13.2. The number of furan rings is 1. The van der Waals surface area contributed by atoms with Crippen LogP contribution in [0.15, 0.2) is 40.8 Å². The molecule has 0 bridgehead atoms. The number of carbonyl (C=O) groups excluding carboxylic acids is 2. The molecule has 8 nitrogen and oxygen atoms in total. The van der Waals surface area contributed by atoms with E-state index in [-0.39, 0.29) is 5.76 Å². The summed E-state index contributed by atoms with van der Waals surface area (Å²) in [7, 11) is 0. The van der Waals surface area contributed by atoms with E-state index >= 15 is 0 Å². The maximum absolute atomic E-state index is 12.1. The third-order valence-corrected chi connectivity index (χ3v) is 3.48. The molecule has 2 rings (SSSR count). The molecule has 1 amide bonds. The lowest BCUT2D eigenvalue weighted by molar-refractivity contribution is -0.402. The average molecular weight is 358 g/mol. The van der Waals surface area contributed by atoms with Gasteiger partial charge < -0.3 is 14.5 Å². The van der Waals surface area contributed by atoms with E-state index in [4.69, 9.17) is 9.15 Å². The zero-order chi connectivity index (χ0) is 19.3. The van der Waals surface area contributed by atoms with Crippen molar-refractivity contribution < 1.29 is 23.7 Å². The Bertz CT molecular complexity index is 868. The van der Waals surface area contributed by atoms with Crippen LogP contribution in [0.5, 0.6) is 0 Å². The van der Waals surface area contributed by atoms with E-state index in [0.717, 1.165) is 17.2 Å². The Hall–Kier alpha value is -3.42. The number of ether oxygens (including phenoxy) is 1. The van der Waals surface area contributed by atoms with E-state index in [9.17, 15) is 19.7 Å². The van der Waals surface area contributed by atoms with Crippen LogP contribution in [0.1, 0.15) is 23.8 Å². The molecule has 0 aliphatic heterocycles. The Morgan fingerprint density at radius 2 is 2.00 bits per heavy atom. The first kappa shape index (κ1) is 18.9. The zero-order valence-electron chi connectivity index (χ0n) is 14.5. The lowest BCUT2D eigenvalue weighted by Crippen LogP contribution is -2.29. The molecule has 1 aromatic carbocycles. The second-order valence-corrected chi connectivity index (χ2v) is 5.65. The van der Waals surface area contributed by atoms with Crippen LogP contribution in [-0.4, -0.2) is 22.9 Å². The highest BCUT2D eigenvalue weighted by Crippen LogP contribution is 2.18. The van der Waals surface area contributed by atoms with Crippen molar-refractivity contribution in [3.05, 3.63) is 63.4 Å². The summed E-state index contributed by atoms with van der Waals surface area (Å²) in [5.41, 5.74) is 2.61. The number of nitrogens with zero attached hydrogens (tertiary/aromatic N) is 1. The van der Waals surface area contributed by atoms with Crippen LogP contribution in [0.3, 0.4) is 0 Å². The highest BCUT2D eigenvalue weighted by atomic mass is 16.6. The molecule has 0 spiro atoms. The third kappa shape index (κ3) is 5.04. The van der Waals surface area contributed by atoms with Gasteiger partial charge in [0.05, 0.1) is 6.07 Å². The topological polar surface area (TPSA) is 112 Å². The van der Waals surface area contributed by atoms with Crippen molar-refractivity contribution in [2.45, 2.75) is 26.9 Å². The minimum atomic E-state index is -1.02. The van der Waals surface area contributed by atoms with Gasteiger partial charge in [-0.2, -0.15) is 0 Å². The fourth-order valence-corrected chi connectivity index (χ4v) is 2.14. The second-order valence-electron chi connectivity index (χ2n) is 5.65. The number of hydrogen-bond acceptors (Lipinski definition) is 6. The molecule has 0 aliphatic carbocycles. The van der Waals surface area contributed by atoms with Gasteiger partial charge in [-0.05, 0) is 44.5 Å². The molecule has 0 unspecified atom stereocenters. The number of hydrogen-bond donors (Lipinski definition) is 1. The molecule has 26 heavy (non-hydrogen) atoms. The maximum atomic E-state index is 12.1. The van der Waals surface area contributed by atoms with E-state index in [1.807, 2.05) is 26.0 Å². The number of aryl methyl sites for hydroxylation is 2. The van der Waals surface area contributed by atoms with Crippen molar-refractivity contribution in [3.63, 3.8) is 0 Å². The van der Waals surface area contributed by atoms with Gasteiger partial charge in [-0.25, -0.2) is 4.79 Å². The normalized spacial score (nSPS) is 12.0. The average Bonchev–Trinajstić information content (AvgIpc) is 3.04. The molecule has 1 heterocycles. The number of nitrogens with one attached hydrogen (secondary N) is 1. The lowest BCUT2D eigenvalue weighted by atomic mass is 10.1. The van der Waals surface area contributed by atoms with Crippen LogP contribution < -0.4 is 5.32 Å². The summed E-state index contributed by atoms with van der Waals surface area (Å²) in [4.78, 5) is 33.7. The first-order valence-corrected chi connectivity index (χ1v) is 7.77. The van der Waals surface area contributed by atoms with Crippen LogP contribution in [-0.2, 0) is 14.3 Å². The fourth-order valence-electron chi connectivity index (χ4n) is 2.14. The predicted molar refractivity (Wildman–Crippen MR) is 94.5 cm³/mol.